The number of pyridine rings is 1. The predicted octanol–water partition coefficient (Wildman–Crippen LogP) is -0.264. The molecule has 0 spiro atoms. The van der Waals surface area contributed by atoms with Crippen molar-refractivity contribution in [3.8, 4) is 0 Å². The number of hydrogen-bond donors (Lipinski definition) is 2. The molecule has 0 radical (unpaired) electrons. The monoisotopic (exact) mass is 216 g/mol. The molecule has 0 aliphatic carbocycles. The van der Waals surface area contributed by atoms with E-state index in [-0.39, 0.29) is 16.2 Å². The van der Waals surface area contributed by atoms with Crippen LogP contribution in [0.3, 0.4) is 0 Å². The van der Waals surface area contributed by atoms with Crippen molar-refractivity contribution in [1.29, 1.82) is 0 Å². The van der Waals surface area contributed by atoms with E-state index in [9.17, 15) is 13.2 Å². The highest BCUT2D eigenvalue weighted by Crippen LogP contribution is 2.12. The van der Waals surface area contributed by atoms with Gasteiger partial charge in [-0.2, -0.15) is 0 Å². The summed E-state index contributed by atoms with van der Waals surface area (Å²) in [6.45, 7) is 1.45. The molecular weight excluding hydrogens is 208 g/mol. The highest BCUT2D eigenvalue weighted by molar-refractivity contribution is 7.89. The molecule has 0 saturated carbocycles. The smallest absolute Gasteiger partial charge is 0.354 e. The molecule has 1 rings (SSSR count). The van der Waals surface area contributed by atoms with Crippen LogP contribution in [0.4, 0.5) is 0 Å². The minimum absolute atomic E-state index is 0.164. The van der Waals surface area contributed by atoms with Gasteiger partial charge in [0.05, 0.1) is 0 Å². The van der Waals surface area contributed by atoms with Crippen molar-refractivity contribution in [2.75, 3.05) is 0 Å². The summed E-state index contributed by atoms with van der Waals surface area (Å²) in [7, 11) is -3.83. The second kappa shape index (κ2) is 3.35. The van der Waals surface area contributed by atoms with Crippen LogP contribution < -0.4 is 5.14 Å². The van der Waals surface area contributed by atoms with Gasteiger partial charge >= 0.3 is 5.97 Å². The molecule has 0 bridgehead atoms. The number of primary sulfonamides is 1. The quantitative estimate of drug-likeness (QED) is 0.707. The number of carboxylic acid groups (broad SMARTS) is 1. The lowest BCUT2D eigenvalue weighted by atomic mass is 10.2. The Hall–Kier alpha value is -1.47. The lowest BCUT2D eigenvalue weighted by molar-refractivity contribution is 0.0690. The molecule has 3 N–H and O–H groups in total. The molecule has 0 fully saturated rings. The van der Waals surface area contributed by atoms with E-state index >= 15 is 0 Å². The second-order valence-electron chi connectivity index (χ2n) is 2.69. The van der Waals surface area contributed by atoms with Gasteiger partial charge in [-0.1, -0.05) is 0 Å². The number of carboxylic acids is 1. The summed E-state index contributed by atoms with van der Waals surface area (Å²) in [6, 6.07) is 1.15. The molecule has 76 valence electrons. The molecule has 0 atom stereocenters. The van der Waals surface area contributed by atoms with Crippen LogP contribution in [-0.2, 0) is 10.0 Å². The van der Waals surface area contributed by atoms with Crippen LogP contribution in [0.15, 0.2) is 17.2 Å². The number of carbonyl (C=O) groups is 1. The van der Waals surface area contributed by atoms with Crippen molar-refractivity contribution in [3.05, 3.63) is 23.5 Å². The number of nitrogens with zero attached hydrogens (tertiary/aromatic N) is 1. The number of aryl methyl sites for hydroxylation is 1. The Morgan fingerprint density at radius 2 is 2.14 bits per heavy atom. The van der Waals surface area contributed by atoms with E-state index < -0.39 is 16.0 Å². The molecule has 0 saturated heterocycles. The van der Waals surface area contributed by atoms with Crippen molar-refractivity contribution in [2.24, 2.45) is 5.14 Å². The highest BCUT2D eigenvalue weighted by Gasteiger charge is 2.14. The van der Waals surface area contributed by atoms with Crippen molar-refractivity contribution in [2.45, 2.75) is 11.8 Å². The van der Waals surface area contributed by atoms with Gasteiger partial charge in [0.1, 0.15) is 10.6 Å². The topological polar surface area (TPSA) is 110 Å². The maximum atomic E-state index is 10.9. The zero-order valence-electron chi connectivity index (χ0n) is 7.26. The zero-order valence-corrected chi connectivity index (χ0v) is 8.08. The Balaban J connectivity index is 3.35. The summed E-state index contributed by atoms with van der Waals surface area (Å²) in [5.41, 5.74) is 0.0507. The summed E-state index contributed by atoms with van der Waals surface area (Å²) in [6.07, 6.45) is 0.939. The van der Waals surface area contributed by atoms with E-state index in [0.29, 0.717) is 0 Å². The summed E-state index contributed by atoms with van der Waals surface area (Å²) in [4.78, 5) is 13.8. The predicted molar refractivity (Wildman–Crippen MR) is 47.3 cm³/mol. The molecule has 1 heterocycles. The largest absolute Gasteiger partial charge is 0.477 e. The number of hydrogen-bond acceptors (Lipinski definition) is 4. The molecule has 1 aromatic rings. The first kappa shape index (κ1) is 10.6. The standard InChI is InChI=1S/C7H8N2O4S/c1-4-2-5(7(10)11)9-3-6(4)14(8,12)13/h2-3H,1H3,(H,10,11)(H2,8,12,13). The average molecular weight is 216 g/mol. The van der Waals surface area contributed by atoms with E-state index in [1.807, 2.05) is 0 Å². The molecular formula is C7H8N2O4S. The Kier molecular flexibility index (Phi) is 2.54. The van der Waals surface area contributed by atoms with Crippen LogP contribution in [-0.4, -0.2) is 24.5 Å². The summed E-state index contributed by atoms with van der Waals surface area (Å²) in [5, 5.41) is 13.4. The summed E-state index contributed by atoms with van der Waals surface area (Å²) >= 11 is 0. The van der Waals surface area contributed by atoms with Gasteiger partial charge in [-0.05, 0) is 18.6 Å². The molecule has 0 unspecified atom stereocenters. The lowest BCUT2D eigenvalue weighted by Crippen LogP contribution is -2.15. The fraction of sp³-hybridized carbons (Fsp3) is 0.143. The van der Waals surface area contributed by atoms with E-state index in [1.54, 1.807) is 0 Å². The number of nitrogens with two attached hydrogens (primary N) is 1. The highest BCUT2D eigenvalue weighted by atomic mass is 32.2. The molecule has 0 aliphatic rings. The minimum Gasteiger partial charge on any atom is -0.477 e. The van der Waals surface area contributed by atoms with Crippen molar-refractivity contribution < 1.29 is 18.3 Å². The molecule has 14 heavy (non-hydrogen) atoms. The third kappa shape index (κ3) is 2.06. The molecule has 0 amide bonds. The minimum atomic E-state index is -3.83. The summed E-state index contributed by atoms with van der Waals surface area (Å²) in [5.74, 6) is -1.21. The second-order valence-corrected chi connectivity index (χ2v) is 4.22. The molecule has 6 nitrogen and oxygen atoms in total. The van der Waals surface area contributed by atoms with Gasteiger partial charge in [0.2, 0.25) is 10.0 Å². The van der Waals surface area contributed by atoms with Crippen LogP contribution in [0.25, 0.3) is 0 Å². The maximum absolute atomic E-state index is 10.9. The number of rotatable bonds is 2. The maximum Gasteiger partial charge on any atom is 0.354 e. The number of sulfonamides is 1. The third-order valence-electron chi connectivity index (χ3n) is 1.59. The Bertz CT molecular complexity index is 480. The van der Waals surface area contributed by atoms with E-state index in [4.69, 9.17) is 10.2 Å². The van der Waals surface area contributed by atoms with Gasteiger partial charge in [0.15, 0.2) is 0 Å². The lowest BCUT2D eigenvalue weighted by Gasteiger charge is -2.02. The zero-order chi connectivity index (χ0) is 10.9. The third-order valence-corrected chi connectivity index (χ3v) is 2.63. The first-order chi connectivity index (χ1) is 6.32. The molecule has 1 aromatic heterocycles. The SMILES string of the molecule is Cc1cc(C(=O)O)ncc1S(N)(=O)=O. The van der Waals surface area contributed by atoms with E-state index in [0.717, 1.165) is 12.3 Å². The van der Waals surface area contributed by atoms with Gasteiger partial charge in [-0.25, -0.2) is 23.3 Å². The first-order valence-corrected chi connectivity index (χ1v) is 5.10. The fourth-order valence-electron chi connectivity index (χ4n) is 0.958. The molecule has 7 heteroatoms. The van der Waals surface area contributed by atoms with Gasteiger partial charge in [0, 0.05) is 6.20 Å². The van der Waals surface area contributed by atoms with E-state index in [2.05, 4.69) is 4.98 Å². The average Bonchev–Trinajstić information content (AvgIpc) is 2.01. The van der Waals surface area contributed by atoms with Crippen molar-refractivity contribution >= 4 is 16.0 Å². The van der Waals surface area contributed by atoms with Gasteiger partial charge in [-0.15, -0.1) is 0 Å². The van der Waals surface area contributed by atoms with Crippen LogP contribution in [0.2, 0.25) is 0 Å². The summed E-state index contributed by atoms with van der Waals surface area (Å²) < 4.78 is 21.9. The Labute approximate surface area is 80.4 Å². The van der Waals surface area contributed by atoms with Gasteiger partial charge in [-0.3, -0.25) is 0 Å². The van der Waals surface area contributed by atoms with Crippen molar-refractivity contribution in [1.82, 2.24) is 4.98 Å². The Morgan fingerprint density at radius 1 is 1.57 bits per heavy atom. The van der Waals surface area contributed by atoms with Crippen LogP contribution >= 0.6 is 0 Å². The van der Waals surface area contributed by atoms with Crippen molar-refractivity contribution in [3.63, 3.8) is 0 Å². The number of aromatic nitrogens is 1. The molecule has 0 aliphatic heterocycles. The van der Waals surface area contributed by atoms with Gasteiger partial charge in [0.25, 0.3) is 0 Å². The van der Waals surface area contributed by atoms with Crippen LogP contribution in [0, 0.1) is 6.92 Å². The van der Waals surface area contributed by atoms with Gasteiger partial charge < -0.3 is 5.11 Å². The normalized spacial score (nSPS) is 11.3. The first-order valence-electron chi connectivity index (χ1n) is 3.55. The Morgan fingerprint density at radius 3 is 2.50 bits per heavy atom. The number of aromatic carboxylic acids is 1. The molecule has 0 aromatic carbocycles. The fourth-order valence-corrected chi connectivity index (χ4v) is 1.67. The van der Waals surface area contributed by atoms with E-state index in [1.165, 1.54) is 6.92 Å². The van der Waals surface area contributed by atoms with Crippen LogP contribution in [0.1, 0.15) is 16.1 Å². The van der Waals surface area contributed by atoms with Crippen LogP contribution in [0.5, 0.6) is 0 Å².